The van der Waals surface area contributed by atoms with Crippen LogP contribution in [-0.4, -0.2) is 18.0 Å². The Labute approximate surface area is 92.2 Å². The third-order valence-electron chi connectivity index (χ3n) is 3.89. The average molecular weight is 201 g/mol. The van der Waals surface area contributed by atoms with Crippen LogP contribution in [0.3, 0.4) is 0 Å². The van der Waals surface area contributed by atoms with E-state index in [1.54, 1.807) is 11.3 Å². The summed E-state index contributed by atoms with van der Waals surface area (Å²) in [6, 6.07) is 0. The molecule has 2 aliphatic heterocycles. The van der Waals surface area contributed by atoms with Gasteiger partial charge in [-0.3, -0.25) is 0 Å². The summed E-state index contributed by atoms with van der Waals surface area (Å²) in [5, 5.41) is 0. The van der Waals surface area contributed by atoms with Crippen LogP contribution in [0.5, 0.6) is 0 Å². The molecule has 1 heteroatoms. The first-order valence-corrected chi connectivity index (χ1v) is 6.26. The quantitative estimate of drug-likeness (QED) is 0.581. The Morgan fingerprint density at radius 3 is 3.20 bits per heavy atom. The molecule has 15 heavy (non-hydrogen) atoms. The van der Waals surface area contributed by atoms with E-state index >= 15 is 0 Å². The van der Waals surface area contributed by atoms with Crippen LogP contribution in [0.15, 0.2) is 35.6 Å². The van der Waals surface area contributed by atoms with Gasteiger partial charge in [0, 0.05) is 24.7 Å². The first-order valence-electron chi connectivity index (χ1n) is 6.26. The number of allylic oxidation sites excluding steroid dienone is 5. The van der Waals surface area contributed by atoms with Crippen molar-refractivity contribution in [1.29, 1.82) is 0 Å². The minimum absolute atomic E-state index is 0.793. The predicted molar refractivity (Wildman–Crippen MR) is 63.5 cm³/mol. The molecule has 0 saturated carbocycles. The monoisotopic (exact) mass is 201 g/mol. The summed E-state index contributed by atoms with van der Waals surface area (Å²) in [5.74, 6) is 0.793. The maximum atomic E-state index is 2.62. The van der Waals surface area contributed by atoms with E-state index in [-0.39, 0.29) is 0 Å². The minimum Gasteiger partial charge on any atom is -0.374 e. The molecule has 0 bridgehead atoms. The van der Waals surface area contributed by atoms with Crippen LogP contribution in [0, 0.1) is 5.92 Å². The van der Waals surface area contributed by atoms with Crippen LogP contribution >= 0.6 is 0 Å². The lowest BCUT2D eigenvalue weighted by atomic mass is 9.89. The maximum absolute atomic E-state index is 2.62. The van der Waals surface area contributed by atoms with Crippen molar-refractivity contribution in [1.82, 2.24) is 4.90 Å². The van der Waals surface area contributed by atoms with Crippen LogP contribution < -0.4 is 0 Å². The van der Waals surface area contributed by atoms with Gasteiger partial charge >= 0.3 is 0 Å². The number of nitrogens with zero attached hydrogens (tertiary/aromatic N) is 1. The number of fused-ring (bicyclic) bond motifs is 2. The molecule has 2 heterocycles. The highest BCUT2D eigenvalue weighted by Gasteiger charge is 2.23. The minimum atomic E-state index is 0.793. The molecule has 0 aromatic rings. The van der Waals surface area contributed by atoms with Gasteiger partial charge in [0.2, 0.25) is 0 Å². The van der Waals surface area contributed by atoms with Crippen LogP contribution in [0.25, 0.3) is 0 Å². The van der Waals surface area contributed by atoms with E-state index in [9.17, 15) is 0 Å². The fourth-order valence-electron chi connectivity index (χ4n) is 2.97. The van der Waals surface area contributed by atoms with Crippen molar-refractivity contribution in [3.8, 4) is 0 Å². The van der Waals surface area contributed by atoms with Crippen LogP contribution in [0.1, 0.15) is 32.1 Å². The van der Waals surface area contributed by atoms with Crippen molar-refractivity contribution in [3.63, 3.8) is 0 Å². The number of hydrogen-bond acceptors (Lipinski definition) is 1. The molecule has 1 nitrogen and oxygen atoms in total. The highest BCUT2D eigenvalue weighted by atomic mass is 15.1. The standard InChI is InChI=1S/C14H19N/c1-2-6-13-11-15-10-4-3-7-14(15)9-8-12(13)5-1/h1,5,8-9,13H,2-4,6-7,10-11H2. The lowest BCUT2D eigenvalue weighted by Crippen LogP contribution is -2.32. The summed E-state index contributed by atoms with van der Waals surface area (Å²) in [7, 11) is 0. The van der Waals surface area contributed by atoms with Gasteiger partial charge in [0.1, 0.15) is 0 Å². The SMILES string of the molecule is C1=CC2=CC=C3CCCCN3CC2CC1. The molecular weight excluding hydrogens is 182 g/mol. The second kappa shape index (κ2) is 3.88. The molecule has 1 fully saturated rings. The first kappa shape index (κ1) is 9.26. The Morgan fingerprint density at radius 1 is 1.20 bits per heavy atom. The molecule has 1 atom stereocenters. The van der Waals surface area contributed by atoms with E-state index in [4.69, 9.17) is 0 Å². The summed E-state index contributed by atoms with van der Waals surface area (Å²) in [5.41, 5.74) is 3.14. The number of piperidine rings is 1. The molecule has 1 aliphatic carbocycles. The normalized spacial score (nSPS) is 29.9. The zero-order valence-corrected chi connectivity index (χ0v) is 9.28. The van der Waals surface area contributed by atoms with E-state index in [0.29, 0.717) is 0 Å². The zero-order valence-electron chi connectivity index (χ0n) is 9.28. The molecule has 80 valence electrons. The van der Waals surface area contributed by atoms with Gasteiger partial charge < -0.3 is 4.90 Å². The molecule has 0 N–H and O–H groups in total. The van der Waals surface area contributed by atoms with Gasteiger partial charge in [0.15, 0.2) is 0 Å². The third kappa shape index (κ3) is 1.75. The number of hydrogen-bond donors (Lipinski definition) is 0. The van der Waals surface area contributed by atoms with Gasteiger partial charge in [-0.05, 0) is 43.8 Å². The molecule has 0 spiro atoms. The van der Waals surface area contributed by atoms with Gasteiger partial charge in [-0.25, -0.2) is 0 Å². The molecule has 0 amide bonds. The van der Waals surface area contributed by atoms with Gasteiger partial charge in [-0.2, -0.15) is 0 Å². The van der Waals surface area contributed by atoms with Crippen molar-refractivity contribution >= 4 is 0 Å². The Bertz CT molecular complexity index is 335. The summed E-state index contributed by atoms with van der Waals surface area (Å²) in [6.07, 6.45) is 16.1. The Hall–Kier alpha value is -0.980. The van der Waals surface area contributed by atoms with Crippen LogP contribution in [0.2, 0.25) is 0 Å². The molecule has 0 aromatic carbocycles. The summed E-state index contributed by atoms with van der Waals surface area (Å²) in [6.45, 7) is 2.55. The van der Waals surface area contributed by atoms with Crippen molar-refractivity contribution in [2.75, 3.05) is 13.1 Å². The lowest BCUT2D eigenvalue weighted by Gasteiger charge is -2.34. The molecular formula is C14H19N. The average Bonchev–Trinajstić information content (AvgIpc) is 2.48. The van der Waals surface area contributed by atoms with Crippen molar-refractivity contribution in [3.05, 3.63) is 35.6 Å². The van der Waals surface area contributed by atoms with E-state index in [1.807, 2.05) is 0 Å². The van der Waals surface area contributed by atoms with Gasteiger partial charge in [0.25, 0.3) is 0 Å². The fourth-order valence-corrected chi connectivity index (χ4v) is 2.97. The van der Waals surface area contributed by atoms with E-state index in [1.165, 1.54) is 45.2 Å². The maximum Gasteiger partial charge on any atom is 0.0243 e. The van der Waals surface area contributed by atoms with E-state index < -0.39 is 0 Å². The summed E-state index contributed by atoms with van der Waals surface area (Å²) < 4.78 is 0. The zero-order chi connectivity index (χ0) is 10.1. The Balaban J connectivity index is 1.88. The topological polar surface area (TPSA) is 3.24 Å². The molecule has 0 aromatic heterocycles. The smallest absolute Gasteiger partial charge is 0.0243 e. The van der Waals surface area contributed by atoms with Gasteiger partial charge in [-0.1, -0.05) is 18.2 Å². The molecule has 0 radical (unpaired) electrons. The summed E-state index contributed by atoms with van der Waals surface area (Å²) >= 11 is 0. The first-order chi connectivity index (χ1) is 7.43. The van der Waals surface area contributed by atoms with Gasteiger partial charge in [-0.15, -0.1) is 0 Å². The second-order valence-electron chi connectivity index (χ2n) is 4.90. The van der Waals surface area contributed by atoms with Crippen molar-refractivity contribution in [2.24, 2.45) is 5.92 Å². The Morgan fingerprint density at radius 2 is 2.20 bits per heavy atom. The molecule has 3 rings (SSSR count). The molecule has 1 unspecified atom stereocenters. The number of rotatable bonds is 0. The largest absolute Gasteiger partial charge is 0.374 e. The molecule has 3 aliphatic rings. The van der Waals surface area contributed by atoms with Crippen LogP contribution in [0.4, 0.5) is 0 Å². The fraction of sp³-hybridized carbons (Fsp3) is 0.571. The van der Waals surface area contributed by atoms with Crippen molar-refractivity contribution < 1.29 is 0 Å². The highest BCUT2D eigenvalue weighted by molar-refractivity contribution is 5.32. The molecule has 1 saturated heterocycles. The van der Waals surface area contributed by atoms with E-state index in [2.05, 4.69) is 29.2 Å². The second-order valence-corrected chi connectivity index (χ2v) is 4.90. The van der Waals surface area contributed by atoms with Gasteiger partial charge in [0.05, 0.1) is 0 Å². The highest BCUT2D eigenvalue weighted by Crippen LogP contribution is 2.31. The van der Waals surface area contributed by atoms with E-state index in [0.717, 1.165) is 5.92 Å². The predicted octanol–water partition coefficient (Wildman–Crippen LogP) is 3.26. The third-order valence-corrected chi connectivity index (χ3v) is 3.89. The lowest BCUT2D eigenvalue weighted by molar-refractivity contribution is 0.259. The van der Waals surface area contributed by atoms with Crippen LogP contribution in [-0.2, 0) is 0 Å². The summed E-state index contributed by atoms with van der Waals surface area (Å²) in [4.78, 5) is 2.62. The Kier molecular flexibility index (Phi) is 2.40. The van der Waals surface area contributed by atoms with Crippen molar-refractivity contribution in [2.45, 2.75) is 32.1 Å².